The van der Waals surface area contributed by atoms with Gasteiger partial charge in [-0.1, -0.05) is 36.8 Å². The monoisotopic (exact) mass is 256 g/mol. The van der Waals surface area contributed by atoms with Gasteiger partial charge in [0.15, 0.2) is 0 Å². The van der Waals surface area contributed by atoms with E-state index in [1.165, 1.54) is 5.56 Å². The van der Waals surface area contributed by atoms with Crippen LogP contribution in [0.2, 0.25) is 0 Å². The Morgan fingerprint density at radius 3 is 2.32 bits per heavy atom. The fourth-order valence-corrected chi connectivity index (χ4v) is 2.03. The van der Waals surface area contributed by atoms with Crippen molar-refractivity contribution in [3.8, 4) is 11.5 Å². The maximum absolute atomic E-state index is 9.74. The van der Waals surface area contributed by atoms with E-state index in [0.717, 1.165) is 29.0 Å². The third-order valence-electron chi connectivity index (χ3n) is 3.21. The number of aryl methyl sites for hydroxylation is 2. The Morgan fingerprint density at radius 2 is 1.74 bits per heavy atom. The molecule has 2 heteroatoms. The van der Waals surface area contributed by atoms with Crippen LogP contribution in [-0.4, -0.2) is 5.11 Å². The normalized spacial score (nSPS) is 12.2. The molecule has 19 heavy (non-hydrogen) atoms. The smallest absolute Gasteiger partial charge is 0.130 e. The van der Waals surface area contributed by atoms with Crippen LogP contribution in [0.4, 0.5) is 0 Å². The summed E-state index contributed by atoms with van der Waals surface area (Å²) in [6, 6.07) is 13.7. The lowest BCUT2D eigenvalue weighted by Crippen LogP contribution is -1.95. The molecule has 1 N–H and O–H groups in total. The first-order valence-electron chi connectivity index (χ1n) is 6.63. The molecule has 0 bridgehead atoms. The van der Waals surface area contributed by atoms with Gasteiger partial charge in [0, 0.05) is 0 Å². The van der Waals surface area contributed by atoms with Gasteiger partial charge in [-0.15, -0.1) is 0 Å². The maximum Gasteiger partial charge on any atom is 0.130 e. The number of hydrogen-bond donors (Lipinski definition) is 1. The molecule has 0 fully saturated rings. The van der Waals surface area contributed by atoms with E-state index in [0.29, 0.717) is 0 Å². The number of benzene rings is 2. The molecule has 0 saturated heterocycles. The Hall–Kier alpha value is -1.80. The van der Waals surface area contributed by atoms with Gasteiger partial charge < -0.3 is 9.84 Å². The summed E-state index contributed by atoms with van der Waals surface area (Å²) in [6.45, 7) is 6.07. The van der Waals surface area contributed by atoms with Crippen molar-refractivity contribution in [3.63, 3.8) is 0 Å². The zero-order valence-electron chi connectivity index (χ0n) is 11.7. The lowest BCUT2D eigenvalue weighted by molar-refractivity contribution is 0.173. The first-order chi connectivity index (χ1) is 9.10. The standard InChI is InChI=1S/C17H20O2/c1-4-16(18)14-6-8-15(9-7-14)19-17-10-5-12(2)11-13(17)3/h5-11,16,18H,4H2,1-3H3/t16-/m0/s1. The Kier molecular flexibility index (Phi) is 4.23. The summed E-state index contributed by atoms with van der Waals surface area (Å²) in [5.74, 6) is 1.66. The van der Waals surface area contributed by atoms with E-state index in [1.54, 1.807) is 0 Å². The molecule has 2 aromatic rings. The number of rotatable bonds is 4. The SMILES string of the molecule is CC[C@H](O)c1ccc(Oc2ccc(C)cc2C)cc1. The fourth-order valence-electron chi connectivity index (χ4n) is 2.03. The van der Waals surface area contributed by atoms with Gasteiger partial charge in [0.1, 0.15) is 11.5 Å². The topological polar surface area (TPSA) is 29.5 Å². The van der Waals surface area contributed by atoms with Crippen molar-refractivity contribution in [1.29, 1.82) is 0 Å². The van der Waals surface area contributed by atoms with Crippen molar-refractivity contribution in [2.45, 2.75) is 33.3 Å². The van der Waals surface area contributed by atoms with Crippen molar-refractivity contribution in [2.75, 3.05) is 0 Å². The first-order valence-corrected chi connectivity index (χ1v) is 6.63. The number of aliphatic hydroxyl groups is 1. The molecule has 0 aliphatic rings. The molecular weight excluding hydrogens is 236 g/mol. The fraction of sp³-hybridized carbons (Fsp3) is 0.294. The summed E-state index contributed by atoms with van der Waals surface area (Å²) < 4.78 is 5.85. The molecule has 100 valence electrons. The lowest BCUT2D eigenvalue weighted by atomic mass is 10.1. The highest BCUT2D eigenvalue weighted by atomic mass is 16.5. The van der Waals surface area contributed by atoms with Crippen molar-refractivity contribution >= 4 is 0 Å². The Labute approximate surface area is 114 Å². The Bertz CT molecular complexity index is 544. The molecule has 0 saturated carbocycles. The van der Waals surface area contributed by atoms with Gasteiger partial charge in [0.2, 0.25) is 0 Å². The largest absolute Gasteiger partial charge is 0.457 e. The highest BCUT2D eigenvalue weighted by molar-refractivity contribution is 5.40. The Balaban J connectivity index is 2.15. The molecule has 0 unspecified atom stereocenters. The molecule has 0 radical (unpaired) electrons. The summed E-state index contributed by atoms with van der Waals surface area (Å²) in [6.07, 6.45) is 0.326. The van der Waals surface area contributed by atoms with Crippen LogP contribution in [0.25, 0.3) is 0 Å². The van der Waals surface area contributed by atoms with Gasteiger partial charge in [-0.25, -0.2) is 0 Å². The summed E-state index contributed by atoms with van der Waals surface area (Å²) in [7, 11) is 0. The van der Waals surface area contributed by atoms with Crippen molar-refractivity contribution in [3.05, 3.63) is 59.2 Å². The summed E-state index contributed by atoms with van der Waals surface area (Å²) in [5.41, 5.74) is 3.28. The molecule has 0 amide bonds. The number of hydrogen-bond acceptors (Lipinski definition) is 2. The average Bonchev–Trinajstić information content (AvgIpc) is 2.42. The van der Waals surface area contributed by atoms with E-state index < -0.39 is 6.10 Å². The van der Waals surface area contributed by atoms with Crippen LogP contribution in [-0.2, 0) is 0 Å². The van der Waals surface area contributed by atoms with Crippen molar-refractivity contribution < 1.29 is 9.84 Å². The van der Waals surface area contributed by atoms with Crippen LogP contribution in [0.5, 0.6) is 11.5 Å². The second-order valence-corrected chi connectivity index (χ2v) is 4.86. The molecule has 2 aromatic carbocycles. The van der Waals surface area contributed by atoms with E-state index in [4.69, 9.17) is 4.74 Å². The molecule has 0 heterocycles. The molecule has 0 aliphatic carbocycles. The van der Waals surface area contributed by atoms with Gasteiger partial charge >= 0.3 is 0 Å². The van der Waals surface area contributed by atoms with Crippen molar-refractivity contribution in [2.24, 2.45) is 0 Å². The minimum Gasteiger partial charge on any atom is -0.457 e. The summed E-state index contributed by atoms with van der Waals surface area (Å²) in [5, 5.41) is 9.74. The first kappa shape index (κ1) is 13.6. The zero-order valence-corrected chi connectivity index (χ0v) is 11.7. The molecule has 0 aliphatic heterocycles. The van der Waals surface area contributed by atoms with E-state index in [2.05, 4.69) is 13.0 Å². The Morgan fingerprint density at radius 1 is 1.05 bits per heavy atom. The predicted molar refractivity (Wildman–Crippen MR) is 77.7 cm³/mol. The minimum absolute atomic E-state index is 0.393. The molecule has 0 aromatic heterocycles. The van der Waals surface area contributed by atoms with Gasteiger partial charge in [0.05, 0.1) is 6.10 Å². The van der Waals surface area contributed by atoms with Crippen LogP contribution in [0.3, 0.4) is 0 Å². The zero-order chi connectivity index (χ0) is 13.8. The van der Waals surface area contributed by atoms with Crippen LogP contribution in [0, 0.1) is 13.8 Å². The second kappa shape index (κ2) is 5.89. The van der Waals surface area contributed by atoms with E-state index in [-0.39, 0.29) is 0 Å². The van der Waals surface area contributed by atoms with E-state index in [9.17, 15) is 5.11 Å². The molecular formula is C17H20O2. The second-order valence-electron chi connectivity index (χ2n) is 4.86. The third kappa shape index (κ3) is 3.36. The minimum atomic E-state index is -0.393. The number of ether oxygens (including phenoxy) is 1. The van der Waals surface area contributed by atoms with Gasteiger partial charge in [-0.3, -0.25) is 0 Å². The van der Waals surface area contributed by atoms with Gasteiger partial charge in [-0.05, 0) is 49.6 Å². The van der Waals surface area contributed by atoms with Crippen LogP contribution in [0.1, 0.15) is 36.1 Å². The molecule has 2 rings (SSSR count). The highest BCUT2D eigenvalue weighted by Crippen LogP contribution is 2.27. The van der Waals surface area contributed by atoms with E-state index in [1.807, 2.05) is 50.2 Å². The predicted octanol–water partition coefficient (Wildman–Crippen LogP) is 4.54. The van der Waals surface area contributed by atoms with Crippen LogP contribution < -0.4 is 4.74 Å². The third-order valence-corrected chi connectivity index (χ3v) is 3.21. The van der Waals surface area contributed by atoms with Crippen molar-refractivity contribution in [1.82, 2.24) is 0 Å². The number of aliphatic hydroxyl groups excluding tert-OH is 1. The highest BCUT2D eigenvalue weighted by Gasteiger charge is 2.05. The maximum atomic E-state index is 9.74. The molecule has 2 nitrogen and oxygen atoms in total. The van der Waals surface area contributed by atoms with Crippen LogP contribution >= 0.6 is 0 Å². The molecule has 0 spiro atoms. The van der Waals surface area contributed by atoms with E-state index >= 15 is 0 Å². The summed E-state index contributed by atoms with van der Waals surface area (Å²) >= 11 is 0. The lowest BCUT2D eigenvalue weighted by Gasteiger charge is -2.11. The van der Waals surface area contributed by atoms with Crippen LogP contribution in [0.15, 0.2) is 42.5 Å². The van der Waals surface area contributed by atoms with Gasteiger partial charge in [-0.2, -0.15) is 0 Å². The molecule has 1 atom stereocenters. The summed E-state index contributed by atoms with van der Waals surface area (Å²) in [4.78, 5) is 0. The van der Waals surface area contributed by atoms with Gasteiger partial charge in [0.25, 0.3) is 0 Å². The quantitative estimate of drug-likeness (QED) is 0.870. The average molecular weight is 256 g/mol.